The molecular formula is C13H15BrN2O2. The first kappa shape index (κ1) is 13.1. The van der Waals surface area contributed by atoms with Gasteiger partial charge in [-0.25, -0.2) is 0 Å². The van der Waals surface area contributed by atoms with E-state index in [1.54, 1.807) is 13.1 Å². The van der Waals surface area contributed by atoms with Crippen LogP contribution in [0.1, 0.15) is 34.7 Å². The van der Waals surface area contributed by atoms with Gasteiger partial charge in [0.15, 0.2) is 0 Å². The zero-order chi connectivity index (χ0) is 13.3. The summed E-state index contributed by atoms with van der Waals surface area (Å²) in [6.07, 6.45) is 2.24. The first-order chi connectivity index (χ1) is 8.49. The summed E-state index contributed by atoms with van der Waals surface area (Å²) in [6, 6.07) is 5.64. The molecule has 1 aliphatic rings. The molecule has 0 atom stereocenters. The Morgan fingerprint density at radius 2 is 2.11 bits per heavy atom. The van der Waals surface area contributed by atoms with Crippen molar-refractivity contribution in [1.29, 1.82) is 0 Å². The summed E-state index contributed by atoms with van der Waals surface area (Å²) < 4.78 is 0.971. The summed E-state index contributed by atoms with van der Waals surface area (Å²) in [6.45, 7) is -0.0565. The fraction of sp³-hybridized carbons (Fsp3) is 0.385. The van der Waals surface area contributed by atoms with Crippen molar-refractivity contribution in [2.24, 2.45) is 5.73 Å². The van der Waals surface area contributed by atoms with E-state index in [1.807, 2.05) is 12.1 Å². The number of carbonyl (C=O) groups is 2. The van der Waals surface area contributed by atoms with Crippen molar-refractivity contribution in [2.75, 3.05) is 13.6 Å². The van der Waals surface area contributed by atoms with E-state index in [1.165, 1.54) is 4.90 Å². The number of primary amides is 1. The van der Waals surface area contributed by atoms with Crippen LogP contribution in [-0.2, 0) is 4.79 Å². The van der Waals surface area contributed by atoms with Gasteiger partial charge in [-0.3, -0.25) is 9.59 Å². The molecule has 5 heteroatoms. The number of nitrogens with two attached hydrogens (primary N) is 1. The van der Waals surface area contributed by atoms with Crippen molar-refractivity contribution in [3.05, 3.63) is 33.8 Å². The summed E-state index contributed by atoms with van der Waals surface area (Å²) >= 11 is 3.42. The smallest absolute Gasteiger partial charge is 0.254 e. The Morgan fingerprint density at radius 3 is 2.67 bits per heavy atom. The largest absolute Gasteiger partial charge is 0.368 e. The third-order valence-electron chi connectivity index (χ3n) is 3.00. The van der Waals surface area contributed by atoms with Crippen LogP contribution in [0.25, 0.3) is 0 Å². The predicted molar refractivity (Wildman–Crippen MR) is 72.3 cm³/mol. The van der Waals surface area contributed by atoms with Crippen LogP contribution in [0, 0.1) is 0 Å². The number of nitrogens with zero attached hydrogens (tertiary/aromatic N) is 1. The maximum atomic E-state index is 12.2. The highest BCUT2D eigenvalue weighted by molar-refractivity contribution is 9.10. The molecule has 0 aliphatic heterocycles. The summed E-state index contributed by atoms with van der Waals surface area (Å²) in [7, 11) is 1.59. The van der Waals surface area contributed by atoms with Gasteiger partial charge in [0, 0.05) is 17.1 Å². The van der Waals surface area contributed by atoms with Crippen LogP contribution >= 0.6 is 15.9 Å². The zero-order valence-electron chi connectivity index (χ0n) is 10.1. The van der Waals surface area contributed by atoms with Crippen molar-refractivity contribution in [3.63, 3.8) is 0 Å². The molecule has 0 bridgehead atoms. The van der Waals surface area contributed by atoms with Crippen molar-refractivity contribution < 1.29 is 9.59 Å². The van der Waals surface area contributed by atoms with Crippen molar-refractivity contribution >= 4 is 27.7 Å². The monoisotopic (exact) mass is 310 g/mol. The minimum atomic E-state index is -0.504. The summed E-state index contributed by atoms with van der Waals surface area (Å²) in [5, 5.41) is 0. The van der Waals surface area contributed by atoms with E-state index in [0.717, 1.165) is 22.9 Å². The highest BCUT2D eigenvalue weighted by Gasteiger charge is 2.29. The topological polar surface area (TPSA) is 63.4 Å². The Bertz CT molecular complexity index is 498. The lowest BCUT2D eigenvalue weighted by atomic mass is 10.0. The maximum Gasteiger partial charge on any atom is 0.254 e. The van der Waals surface area contributed by atoms with Crippen LogP contribution in [0.4, 0.5) is 0 Å². The molecule has 1 aromatic rings. The van der Waals surface area contributed by atoms with Gasteiger partial charge in [0.2, 0.25) is 5.91 Å². The predicted octanol–water partition coefficient (Wildman–Crippen LogP) is 1.88. The number of hydrogen-bond donors (Lipinski definition) is 1. The van der Waals surface area contributed by atoms with Crippen LogP contribution in [0.15, 0.2) is 22.7 Å². The van der Waals surface area contributed by atoms with Crippen LogP contribution in [0.3, 0.4) is 0 Å². The Morgan fingerprint density at radius 1 is 1.44 bits per heavy atom. The first-order valence-electron chi connectivity index (χ1n) is 5.82. The minimum absolute atomic E-state index is 0.0565. The average molecular weight is 311 g/mol. The molecule has 0 radical (unpaired) electrons. The van der Waals surface area contributed by atoms with Crippen molar-refractivity contribution in [3.8, 4) is 0 Å². The number of rotatable bonds is 4. The average Bonchev–Trinajstić information content (AvgIpc) is 3.10. The van der Waals surface area contributed by atoms with E-state index in [0.29, 0.717) is 11.5 Å². The summed E-state index contributed by atoms with van der Waals surface area (Å²) in [5.41, 5.74) is 6.83. The molecule has 0 spiro atoms. The molecule has 0 saturated heterocycles. The number of hydrogen-bond acceptors (Lipinski definition) is 2. The molecule has 4 nitrogen and oxygen atoms in total. The SMILES string of the molecule is CN(CC(N)=O)C(=O)c1ccc(Br)cc1C1CC1. The lowest BCUT2D eigenvalue weighted by molar-refractivity contribution is -0.118. The molecule has 1 aliphatic carbocycles. The normalized spacial score (nSPS) is 14.3. The Labute approximate surface area is 114 Å². The molecule has 2 rings (SSSR count). The maximum absolute atomic E-state index is 12.2. The van der Waals surface area contributed by atoms with Crippen LogP contribution in [0.2, 0.25) is 0 Å². The molecule has 1 aromatic carbocycles. The van der Waals surface area contributed by atoms with Gasteiger partial charge in [0.25, 0.3) is 5.91 Å². The molecule has 96 valence electrons. The molecule has 0 unspecified atom stereocenters. The van der Waals surface area contributed by atoms with Gasteiger partial charge in [0.1, 0.15) is 0 Å². The van der Waals surface area contributed by atoms with Gasteiger partial charge in [-0.05, 0) is 42.5 Å². The molecule has 2 amide bonds. The van der Waals surface area contributed by atoms with Crippen LogP contribution < -0.4 is 5.73 Å². The molecule has 2 N–H and O–H groups in total. The second kappa shape index (κ2) is 5.10. The number of benzene rings is 1. The molecule has 18 heavy (non-hydrogen) atoms. The third kappa shape index (κ3) is 2.90. The van der Waals surface area contributed by atoms with Crippen molar-refractivity contribution in [1.82, 2.24) is 4.90 Å². The van der Waals surface area contributed by atoms with Gasteiger partial charge >= 0.3 is 0 Å². The number of halogens is 1. The van der Waals surface area contributed by atoms with E-state index < -0.39 is 5.91 Å². The number of likely N-dealkylation sites (N-methyl/N-ethyl adjacent to an activating group) is 1. The first-order valence-corrected chi connectivity index (χ1v) is 6.61. The lowest BCUT2D eigenvalue weighted by Gasteiger charge is -2.17. The standard InChI is InChI=1S/C13H15BrN2O2/c1-16(7-12(15)17)13(18)10-5-4-9(14)6-11(10)8-2-3-8/h4-6,8H,2-3,7H2,1H3,(H2,15,17). The van der Waals surface area contributed by atoms with Gasteiger partial charge in [-0.2, -0.15) is 0 Å². The van der Waals surface area contributed by atoms with Gasteiger partial charge in [-0.1, -0.05) is 15.9 Å². The highest BCUT2D eigenvalue weighted by Crippen LogP contribution is 2.42. The molecule has 0 aromatic heterocycles. The molecule has 0 heterocycles. The summed E-state index contributed by atoms with van der Waals surface area (Å²) in [5.74, 6) is -0.178. The Balaban J connectivity index is 2.26. The van der Waals surface area contributed by atoms with E-state index in [2.05, 4.69) is 15.9 Å². The Kier molecular flexibility index (Phi) is 3.71. The van der Waals surface area contributed by atoms with Gasteiger partial charge in [0.05, 0.1) is 6.54 Å². The van der Waals surface area contributed by atoms with E-state index in [4.69, 9.17) is 5.73 Å². The lowest BCUT2D eigenvalue weighted by Crippen LogP contribution is -2.35. The fourth-order valence-corrected chi connectivity index (χ4v) is 2.35. The van der Waals surface area contributed by atoms with Crippen LogP contribution in [0.5, 0.6) is 0 Å². The van der Waals surface area contributed by atoms with E-state index in [9.17, 15) is 9.59 Å². The molecule has 1 fully saturated rings. The molecular weight excluding hydrogens is 296 g/mol. The quantitative estimate of drug-likeness (QED) is 0.923. The second-order valence-electron chi connectivity index (χ2n) is 4.63. The molecule has 1 saturated carbocycles. The Hall–Kier alpha value is -1.36. The number of amides is 2. The minimum Gasteiger partial charge on any atom is -0.368 e. The van der Waals surface area contributed by atoms with E-state index in [-0.39, 0.29) is 12.5 Å². The third-order valence-corrected chi connectivity index (χ3v) is 3.49. The van der Waals surface area contributed by atoms with Crippen LogP contribution in [-0.4, -0.2) is 30.3 Å². The van der Waals surface area contributed by atoms with Crippen molar-refractivity contribution in [2.45, 2.75) is 18.8 Å². The zero-order valence-corrected chi connectivity index (χ0v) is 11.7. The van der Waals surface area contributed by atoms with Gasteiger partial charge in [-0.15, -0.1) is 0 Å². The number of carbonyl (C=O) groups excluding carboxylic acids is 2. The second-order valence-corrected chi connectivity index (χ2v) is 5.55. The summed E-state index contributed by atoms with van der Waals surface area (Å²) in [4.78, 5) is 24.5. The fourth-order valence-electron chi connectivity index (χ4n) is 1.97. The van der Waals surface area contributed by atoms with Gasteiger partial charge < -0.3 is 10.6 Å². The van der Waals surface area contributed by atoms with E-state index >= 15 is 0 Å². The highest BCUT2D eigenvalue weighted by atomic mass is 79.9.